The molecule has 10 nitrogen and oxygen atoms in total. The molecule has 0 bridgehead atoms. The molecule has 0 radical (unpaired) electrons. The lowest BCUT2D eigenvalue weighted by Gasteiger charge is -2.26. The molecular formula is C23H31N7O3. The summed E-state index contributed by atoms with van der Waals surface area (Å²) < 4.78 is 12.6. The molecule has 3 aromatic rings. The predicted octanol–water partition coefficient (Wildman–Crippen LogP) is 0.863. The molecule has 0 aliphatic carbocycles. The van der Waals surface area contributed by atoms with Crippen LogP contribution in [0.2, 0.25) is 0 Å². The Morgan fingerprint density at radius 3 is 2.24 bits per heavy atom. The zero-order valence-electron chi connectivity index (χ0n) is 18.8. The fourth-order valence-electron chi connectivity index (χ4n) is 4.30. The maximum atomic E-state index is 12.9. The molecule has 2 aliphatic rings. The van der Waals surface area contributed by atoms with Gasteiger partial charge in [0.25, 0.3) is 0 Å². The van der Waals surface area contributed by atoms with E-state index in [0.717, 1.165) is 77.8 Å². The summed E-state index contributed by atoms with van der Waals surface area (Å²) in [7, 11) is 0. The first-order chi connectivity index (χ1) is 16.3. The molecule has 0 unspecified atom stereocenters. The van der Waals surface area contributed by atoms with Gasteiger partial charge in [0.1, 0.15) is 5.52 Å². The van der Waals surface area contributed by atoms with E-state index in [9.17, 15) is 4.79 Å². The quantitative estimate of drug-likeness (QED) is 0.518. The molecule has 2 aliphatic heterocycles. The Balaban J connectivity index is 1.42. The molecule has 5 rings (SSSR count). The fourth-order valence-corrected chi connectivity index (χ4v) is 4.30. The molecule has 2 aromatic heterocycles. The molecule has 10 heteroatoms. The summed E-state index contributed by atoms with van der Waals surface area (Å²) >= 11 is 0. The minimum absolute atomic E-state index is 0.158. The second kappa shape index (κ2) is 10.4. The molecule has 2 N–H and O–H groups in total. The fraction of sp³-hybridized carbons (Fsp3) is 0.522. The van der Waals surface area contributed by atoms with Gasteiger partial charge in [0.05, 0.1) is 26.4 Å². The first kappa shape index (κ1) is 22.0. The average Bonchev–Trinajstić information content (AvgIpc) is 3.19. The molecule has 1 aromatic carbocycles. The van der Waals surface area contributed by atoms with Crippen LogP contribution in [0.15, 0.2) is 35.1 Å². The number of hydrogen-bond donors (Lipinski definition) is 2. The molecule has 0 atom stereocenters. The predicted molar refractivity (Wildman–Crippen MR) is 127 cm³/mol. The van der Waals surface area contributed by atoms with E-state index >= 15 is 0 Å². The van der Waals surface area contributed by atoms with Gasteiger partial charge in [0, 0.05) is 57.9 Å². The van der Waals surface area contributed by atoms with Crippen molar-refractivity contribution in [2.75, 3.05) is 77.6 Å². The molecule has 2 fully saturated rings. The van der Waals surface area contributed by atoms with E-state index in [1.54, 1.807) is 4.57 Å². The van der Waals surface area contributed by atoms with E-state index in [2.05, 4.69) is 20.1 Å². The molecular weight excluding hydrogens is 422 g/mol. The zero-order chi connectivity index (χ0) is 22.5. The number of aromatic nitrogens is 4. The smallest absolute Gasteiger partial charge is 0.327 e. The van der Waals surface area contributed by atoms with E-state index in [0.29, 0.717) is 29.4 Å². The van der Waals surface area contributed by atoms with Gasteiger partial charge >= 0.3 is 5.69 Å². The van der Waals surface area contributed by atoms with Gasteiger partial charge in [-0.2, -0.15) is 0 Å². The monoisotopic (exact) mass is 453 g/mol. The van der Waals surface area contributed by atoms with Gasteiger partial charge in [0.2, 0.25) is 0 Å². The maximum absolute atomic E-state index is 12.9. The summed E-state index contributed by atoms with van der Waals surface area (Å²) in [5.74, 6) is 1.27. The number of H-pyrrole nitrogens is 1. The van der Waals surface area contributed by atoms with Gasteiger partial charge in [-0.1, -0.05) is 30.3 Å². The molecule has 0 amide bonds. The van der Waals surface area contributed by atoms with Gasteiger partial charge in [-0.15, -0.1) is 0 Å². The van der Waals surface area contributed by atoms with Crippen LogP contribution in [0.5, 0.6) is 0 Å². The van der Waals surface area contributed by atoms with Crippen LogP contribution in [-0.4, -0.2) is 102 Å². The Labute approximate surface area is 192 Å². The first-order valence-corrected chi connectivity index (χ1v) is 11.7. The summed E-state index contributed by atoms with van der Waals surface area (Å²) in [6, 6.07) is 9.88. The van der Waals surface area contributed by atoms with Crippen molar-refractivity contribution < 1.29 is 9.47 Å². The third-order valence-corrected chi connectivity index (χ3v) is 6.22. The maximum Gasteiger partial charge on any atom is 0.327 e. The zero-order valence-corrected chi connectivity index (χ0v) is 18.8. The Bertz CT molecular complexity index is 1100. The highest BCUT2D eigenvalue weighted by Gasteiger charge is 2.18. The number of imidazole rings is 1. The van der Waals surface area contributed by atoms with Crippen molar-refractivity contribution in [3.63, 3.8) is 0 Å². The van der Waals surface area contributed by atoms with E-state index in [1.165, 1.54) is 0 Å². The second-order valence-electron chi connectivity index (χ2n) is 8.38. The SMILES string of the molecule is O=c1[nH]c2c(NCCN3CCOCC3)nc(-c3ccccc3)nc2n1CCN1CCOCC1. The van der Waals surface area contributed by atoms with Crippen molar-refractivity contribution in [1.29, 1.82) is 0 Å². The van der Waals surface area contributed by atoms with Crippen molar-refractivity contribution in [1.82, 2.24) is 29.3 Å². The van der Waals surface area contributed by atoms with Crippen LogP contribution in [0, 0.1) is 0 Å². The summed E-state index contributed by atoms with van der Waals surface area (Å²) in [5, 5.41) is 3.45. The van der Waals surface area contributed by atoms with Crippen LogP contribution in [0.4, 0.5) is 5.82 Å². The standard InChI is InChI=1S/C23H31N7O3/c31-23-25-19-21(24-6-7-28-10-14-32-15-11-28)26-20(18-4-2-1-3-5-18)27-22(19)30(23)9-8-29-12-16-33-17-13-29/h1-5H,6-17H2,(H,25,31)(H,24,26,27). The topological polar surface area (TPSA) is 101 Å². The summed E-state index contributed by atoms with van der Waals surface area (Å²) in [6.07, 6.45) is 0. The lowest BCUT2D eigenvalue weighted by molar-refractivity contribution is 0.0364. The minimum atomic E-state index is -0.158. The number of anilines is 1. The van der Waals surface area contributed by atoms with E-state index < -0.39 is 0 Å². The van der Waals surface area contributed by atoms with Gasteiger partial charge in [-0.3, -0.25) is 14.4 Å². The van der Waals surface area contributed by atoms with Crippen molar-refractivity contribution in [3.05, 3.63) is 40.8 Å². The van der Waals surface area contributed by atoms with Crippen molar-refractivity contribution >= 4 is 17.0 Å². The van der Waals surface area contributed by atoms with Gasteiger partial charge in [-0.25, -0.2) is 14.8 Å². The normalized spacial score (nSPS) is 18.1. The van der Waals surface area contributed by atoms with Crippen LogP contribution in [-0.2, 0) is 16.0 Å². The van der Waals surface area contributed by atoms with Crippen LogP contribution in [0.25, 0.3) is 22.6 Å². The van der Waals surface area contributed by atoms with Gasteiger partial charge < -0.3 is 19.8 Å². The lowest BCUT2D eigenvalue weighted by atomic mass is 10.2. The summed E-state index contributed by atoms with van der Waals surface area (Å²) in [6.45, 7) is 9.61. The van der Waals surface area contributed by atoms with Crippen molar-refractivity contribution in [2.24, 2.45) is 0 Å². The van der Waals surface area contributed by atoms with Crippen LogP contribution in [0.3, 0.4) is 0 Å². The third kappa shape index (κ3) is 5.25. The first-order valence-electron chi connectivity index (χ1n) is 11.7. The number of rotatable bonds is 8. The molecule has 176 valence electrons. The second-order valence-corrected chi connectivity index (χ2v) is 8.38. The average molecular weight is 454 g/mol. The Morgan fingerprint density at radius 1 is 0.879 bits per heavy atom. The number of nitrogens with one attached hydrogen (secondary N) is 2. The number of nitrogens with zero attached hydrogens (tertiary/aromatic N) is 5. The highest BCUT2D eigenvalue weighted by Crippen LogP contribution is 2.23. The molecule has 33 heavy (non-hydrogen) atoms. The van der Waals surface area contributed by atoms with E-state index in [1.807, 2.05) is 30.3 Å². The molecule has 0 saturated carbocycles. The number of benzene rings is 1. The number of morpholine rings is 2. The Morgan fingerprint density at radius 2 is 1.55 bits per heavy atom. The van der Waals surface area contributed by atoms with E-state index in [-0.39, 0.29) is 5.69 Å². The number of fused-ring (bicyclic) bond motifs is 1. The Hall–Kier alpha value is -2.79. The lowest BCUT2D eigenvalue weighted by Crippen LogP contribution is -2.39. The van der Waals surface area contributed by atoms with Crippen molar-refractivity contribution in [2.45, 2.75) is 6.54 Å². The number of aromatic amines is 1. The van der Waals surface area contributed by atoms with E-state index in [4.69, 9.17) is 19.4 Å². The highest BCUT2D eigenvalue weighted by atomic mass is 16.5. The minimum Gasteiger partial charge on any atom is -0.379 e. The largest absolute Gasteiger partial charge is 0.379 e. The molecule has 2 saturated heterocycles. The number of ether oxygens (including phenoxy) is 2. The Kier molecular flexibility index (Phi) is 6.96. The molecule has 4 heterocycles. The van der Waals surface area contributed by atoms with Gasteiger partial charge in [-0.05, 0) is 0 Å². The molecule has 0 spiro atoms. The van der Waals surface area contributed by atoms with Gasteiger partial charge in [0.15, 0.2) is 17.3 Å². The van der Waals surface area contributed by atoms with Crippen LogP contribution < -0.4 is 11.0 Å². The van der Waals surface area contributed by atoms with Crippen molar-refractivity contribution in [3.8, 4) is 11.4 Å². The summed E-state index contributed by atoms with van der Waals surface area (Å²) in [4.78, 5) is 30.1. The number of hydrogen-bond acceptors (Lipinski definition) is 8. The highest BCUT2D eigenvalue weighted by molar-refractivity contribution is 5.85. The van der Waals surface area contributed by atoms with Crippen LogP contribution in [0.1, 0.15) is 0 Å². The third-order valence-electron chi connectivity index (χ3n) is 6.22. The van der Waals surface area contributed by atoms with Crippen LogP contribution >= 0.6 is 0 Å². The summed E-state index contributed by atoms with van der Waals surface area (Å²) in [5.41, 5.74) is 2.05.